The van der Waals surface area contributed by atoms with E-state index in [1.807, 2.05) is 0 Å². The van der Waals surface area contributed by atoms with Crippen LogP contribution in [-0.2, 0) is 23.8 Å². The highest BCUT2D eigenvalue weighted by molar-refractivity contribution is 5.67. The SMILES string of the molecule is CC(=O)O[C@@H]1CC[C@]2(C)C(CC[C@]34C[C@@H]5C[C@H](O[C@]5(C)[C@H]3OC(C)=O)[C@H]42)C1(C)C. The molecular weight excluding hydrogens is 368 g/mol. The minimum absolute atomic E-state index is 0.0242. The Balaban J connectivity index is 1.55. The van der Waals surface area contributed by atoms with Gasteiger partial charge in [-0.15, -0.1) is 0 Å². The Kier molecular flexibility index (Phi) is 3.95. The molecule has 0 amide bonds. The van der Waals surface area contributed by atoms with E-state index < -0.39 is 0 Å². The van der Waals surface area contributed by atoms with Crippen molar-refractivity contribution in [1.82, 2.24) is 0 Å². The van der Waals surface area contributed by atoms with Gasteiger partial charge in [-0.1, -0.05) is 20.8 Å². The van der Waals surface area contributed by atoms with Crippen LogP contribution in [0, 0.1) is 34.0 Å². The average molecular weight is 405 g/mol. The maximum Gasteiger partial charge on any atom is 0.303 e. The lowest BCUT2D eigenvalue weighted by atomic mass is 9.39. The Morgan fingerprint density at radius 1 is 0.966 bits per heavy atom. The number of esters is 2. The molecular formula is C24H36O5. The molecule has 4 aliphatic carbocycles. The van der Waals surface area contributed by atoms with E-state index in [2.05, 4.69) is 27.7 Å². The van der Waals surface area contributed by atoms with Crippen LogP contribution >= 0.6 is 0 Å². The Bertz CT molecular complexity index is 760. The lowest BCUT2D eigenvalue weighted by Gasteiger charge is -2.67. The fourth-order valence-electron chi connectivity index (χ4n) is 9.38. The predicted octanol–water partition coefficient (Wildman–Crippen LogP) is 4.27. The molecule has 0 aromatic rings. The van der Waals surface area contributed by atoms with Crippen molar-refractivity contribution in [2.45, 2.75) is 104 Å². The molecule has 5 heteroatoms. The summed E-state index contributed by atoms with van der Waals surface area (Å²) in [6.45, 7) is 12.3. The Hall–Kier alpha value is -1.10. The highest BCUT2D eigenvalue weighted by atomic mass is 16.6. The predicted molar refractivity (Wildman–Crippen MR) is 107 cm³/mol. The van der Waals surface area contributed by atoms with Crippen molar-refractivity contribution >= 4 is 11.9 Å². The largest absolute Gasteiger partial charge is 0.462 e. The first-order chi connectivity index (χ1) is 13.4. The van der Waals surface area contributed by atoms with Gasteiger partial charge in [0.1, 0.15) is 17.8 Å². The van der Waals surface area contributed by atoms with Gasteiger partial charge in [-0.05, 0) is 62.7 Å². The van der Waals surface area contributed by atoms with Crippen molar-refractivity contribution in [2.75, 3.05) is 0 Å². The summed E-state index contributed by atoms with van der Waals surface area (Å²) in [6.07, 6.45) is 6.45. The van der Waals surface area contributed by atoms with Crippen molar-refractivity contribution < 1.29 is 23.8 Å². The second-order valence-electron chi connectivity index (χ2n) is 11.7. The van der Waals surface area contributed by atoms with Crippen LogP contribution in [-0.4, -0.2) is 35.9 Å². The number of rotatable bonds is 2. The van der Waals surface area contributed by atoms with Crippen LogP contribution in [0.25, 0.3) is 0 Å². The van der Waals surface area contributed by atoms with Crippen molar-refractivity contribution in [3.8, 4) is 0 Å². The van der Waals surface area contributed by atoms with Gasteiger partial charge < -0.3 is 14.2 Å². The van der Waals surface area contributed by atoms with Crippen molar-refractivity contribution in [1.29, 1.82) is 0 Å². The standard InChI is InChI=1S/C24H36O5/c1-13(25)27-18-8-9-22(5)17(21(18,3)4)7-10-24-12-15-11-16(19(22)24)29-23(15,6)20(24)28-14(2)26/h15-20H,7-12H2,1-6H3/t15-,16-,17?,18+,19-,20+,22+,23-,24+/m0/s1. The van der Waals surface area contributed by atoms with Gasteiger partial charge in [-0.25, -0.2) is 0 Å². The highest BCUT2D eigenvalue weighted by Gasteiger charge is 2.79. The first-order valence-corrected chi connectivity index (χ1v) is 11.5. The Morgan fingerprint density at radius 3 is 2.31 bits per heavy atom. The zero-order valence-electron chi connectivity index (χ0n) is 18.7. The average Bonchev–Trinajstić information content (AvgIpc) is 2.93. The lowest BCUT2D eigenvalue weighted by molar-refractivity contribution is -0.282. The zero-order chi connectivity index (χ0) is 21.0. The third-order valence-electron chi connectivity index (χ3n) is 10.1. The van der Waals surface area contributed by atoms with Crippen LogP contribution in [0.4, 0.5) is 0 Å². The summed E-state index contributed by atoms with van der Waals surface area (Å²) in [5.74, 6) is 1.01. The van der Waals surface area contributed by atoms with Gasteiger partial charge in [-0.3, -0.25) is 9.59 Å². The van der Waals surface area contributed by atoms with Gasteiger partial charge in [0.25, 0.3) is 0 Å². The molecule has 0 aromatic carbocycles. The number of carbonyl (C=O) groups is 2. The normalized spacial score (nSPS) is 53.9. The maximum atomic E-state index is 12.0. The highest BCUT2D eigenvalue weighted by Crippen LogP contribution is 2.77. The van der Waals surface area contributed by atoms with Crippen molar-refractivity contribution in [3.63, 3.8) is 0 Å². The van der Waals surface area contributed by atoms with Crippen LogP contribution in [0.3, 0.4) is 0 Å². The minimum Gasteiger partial charge on any atom is -0.462 e. The van der Waals surface area contributed by atoms with E-state index in [-0.39, 0.29) is 52.1 Å². The molecule has 6 rings (SSSR count). The van der Waals surface area contributed by atoms with Crippen LogP contribution in [0.2, 0.25) is 0 Å². The number of ether oxygens (including phenoxy) is 3. The first kappa shape index (κ1) is 19.8. The van der Waals surface area contributed by atoms with E-state index in [9.17, 15) is 9.59 Å². The number of carbonyl (C=O) groups excluding carboxylic acids is 2. The zero-order valence-corrected chi connectivity index (χ0v) is 18.7. The fraction of sp³-hybridized carbons (Fsp3) is 0.917. The molecule has 1 spiro atoms. The van der Waals surface area contributed by atoms with Gasteiger partial charge in [0.05, 0.1) is 6.10 Å². The topological polar surface area (TPSA) is 61.8 Å². The first-order valence-electron chi connectivity index (χ1n) is 11.5. The molecule has 4 bridgehead atoms. The second kappa shape index (κ2) is 5.77. The van der Waals surface area contributed by atoms with Crippen molar-refractivity contribution in [2.24, 2.45) is 34.0 Å². The summed E-state index contributed by atoms with van der Waals surface area (Å²) in [4.78, 5) is 23.8. The molecule has 5 nitrogen and oxygen atoms in total. The summed E-state index contributed by atoms with van der Waals surface area (Å²) in [6, 6.07) is 0. The van der Waals surface area contributed by atoms with E-state index in [0.29, 0.717) is 17.8 Å². The minimum atomic E-state index is -0.319. The van der Waals surface area contributed by atoms with Crippen LogP contribution in [0.15, 0.2) is 0 Å². The molecule has 9 atom stereocenters. The van der Waals surface area contributed by atoms with Crippen LogP contribution in [0.5, 0.6) is 0 Å². The number of hydrogen-bond donors (Lipinski definition) is 0. The third-order valence-corrected chi connectivity index (χ3v) is 10.1. The Morgan fingerprint density at radius 2 is 1.66 bits per heavy atom. The summed E-state index contributed by atoms with van der Waals surface area (Å²) in [5, 5.41) is 0. The molecule has 1 unspecified atom stereocenters. The van der Waals surface area contributed by atoms with Crippen molar-refractivity contribution in [3.05, 3.63) is 0 Å². The smallest absolute Gasteiger partial charge is 0.303 e. The molecule has 2 heterocycles. The number of fused-ring (bicyclic) bond motifs is 1. The molecule has 6 fully saturated rings. The van der Waals surface area contributed by atoms with E-state index in [1.54, 1.807) is 0 Å². The molecule has 0 aromatic heterocycles. The molecule has 0 radical (unpaired) electrons. The summed E-state index contributed by atoms with van der Waals surface area (Å²) < 4.78 is 18.6. The quantitative estimate of drug-likeness (QED) is 0.643. The molecule has 0 N–H and O–H groups in total. The van der Waals surface area contributed by atoms with Crippen LogP contribution < -0.4 is 0 Å². The molecule has 29 heavy (non-hydrogen) atoms. The lowest BCUT2D eigenvalue weighted by Crippen LogP contribution is -2.68. The summed E-state index contributed by atoms with van der Waals surface area (Å²) >= 11 is 0. The Labute approximate surface area is 174 Å². The molecule has 6 aliphatic rings. The summed E-state index contributed by atoms with van der Waals surface area (Å²) in [7, 11) is 0. The van der Waals surface area contributed by atoms with E-state index in [1.165, 1.54) is 13.8 Å². The fourth-order valence-corrected chi connectivity index (χ4v) is 9.38. The molecule has 162 valence electrons. The van der Waals surface area contributed by atoms with Gasteiger partial charge >= 0.3 is 11.9 Å². The third kappa shape index (κ3) is 2.31. The van der Waals surface area contributed by atoms with E-state index in [4.69, 9.17) is 14.2 Å². The molecule has 4 saturated carbocycles. The number of hydrogen-bond acceptors (Lipinski definition) is 5. The molecule has 2 saturated heterocycles. The van der Waals surface area contributed by atoms with Gasteiger partial charge in [-0.2, -0.15) is 0 Å². The van der Waals surface area contributed by atoms with E-state index >= 15 is 0 Å². The maximum absolute atomic E-state index is 12.0. The summed E-state index contributed by atoms with van der Waals surface area (Å²) in [5.41, 5.74) is -0.236. The monoisotopic (exact) mass is 404 g/mol. The second-order valence-corrected chi connectivity index (χ2v) is 11.7. The van der Waals surface area contributed by atoms with Gasteiger partial charge in [0, 0.05) is 30.6 Å². The van der Waals surface area contributed by atoms with E-state index in [0.717, 1.165) is 38.5 Å². The van der Waals surface area contributed by atoms with Gasteiger partial charge in [0.15, 0.2) is 0 Å². The van der Waals surface area contributed by atoms with Crippen LogP contribution in [0.1, 0.15) is 80.1 Å². The molecule has 2 aliphatic heterocycles. The van der Waals surface area contributed by atoms with Gasteiger partial charge in [0.2, 0.25) is 0 Å².